The van der Waals surface area contributed by atoms with Crippen LogP contribution < -0.4 is 14.2 Å². The molecule has 23 heavy (non-hydrogen) atoms. The van der Waals surface area contributed by atoms with Gasteiger partial charge < -0.3 is 18.9 Å². The number of hydrogen-bond acceptors (Lipinski definition) is 6. The minimum atomic E-state index is -0.856. The summed E-state index contributed by atoms with van der Waals surface area (Å²) in [6, 6.07) is 6.86. The van der Waals surface area contributed by atoms with Crippen molar-refractivity contribution >= 4 is 22.9 Å². The van der Waals surface area contributed by atoms with E-state index in [1.165, 1.54) is 20.3 Å². The molecule has 0 amide bonds. The fourth-order valence-electron chi connectivity index (χ4n) is 2.07. The second-order valence-electron chi connectivity index (χ2n) is 4.64. The van der Waals surface area contributed by atoms with Gasteiger partial charge in [-0.1, -0.05) is 24.3 Å². The van der Waals surface area contributed by atoms with Crippen LogP contribution in [0.2, 0.25) is 0 Å². The second-order valence-corrected chi connectivity index (χ2v) is 4.64. The standard InChI is InChI=1S/C17H16O6/c1-5-15(18)23-16-11-7-6-10(2)8-12(11)13(9-14(16)20-3)22-17(19)21-4/h5-9H,1H2,2-4H3. The zero-order chi connectivity index (χ0) is 17.0. The van der Waals surface area contributed by atoms with E-state index in [9.17, 15) is 9.59 Å². The summed E-state index contributed by atoms with van der Waals surface area (Å²) in [6.07, 6.45) is 0.198. The molecule has 0 aromatic heterocycles. The van der Waals surface area contributed by atoms with E-state index in [1.54, 1.807) is 12.1 Å². The van der Waals surface area contributed by atoms with Crippen molar-refractivity contribution in [1.82, 2.24) is 0 Å². The molecule has 0 fully saturated rings. The Morgan fingerprint density at radius 1 is 1.04 bits per heavy atom. The minimum Gasteiger partial charge on any atom is -0.493 e. The van der Waals surface area contributed by atoms with Gasteiger partial charge in [-0.15, -0.1) is 0 Å². The minimum absolute atomic E-state index is 0.226. The van der Waals surface area contributed by atoms with Crippen molar-refractivity contribution in [3.63, 3.8) is 0 Å². The predicted molar refractivity (Wildman–Crippen MR) is 84.1 cm³/mol. The van der Waals surface area contributed by atoms with Crippen LogP contribution in [0, 0.1) is 6.92 Å². The maximum absolute atomic E-state index is 11.6. The van der Waals surface area contributed by atoms with Gasteiger partial charge in [0.15, 0.2) is 11.5 Å². The van der Waals surface area contributed by atoms with Crippen LogP contribution in [0.15, 0.2) is 36.9 Å². The Labute approximate surface area is 133 Å². The predicted octanol–water partition coefficient (Wildman–Crippen LogP) is 3.39. The SMILES string of the molecule is C=CC(=O)Oc1c(OC)cc(OC(=O)OC)c2cc(C)ccc12. The van der Waals surface area contributed by atoms with Gasteiger partial charge in [0.05, 0.1) is 14.2 Å². The molecular formula is C17H16O6. The molecule has 2 rings (SSSR count). The molecular weight excluding hydrogens is 300 g/mol. The first-order valence-electron chi connectivity index (χ1n) is 6.71. The largest absolute Gasteiger partial charge is 0.513 e. The Bertz CT molecular complexity index is 778. The zero-order valence-electron chi connectivity index (χ0n) is 13.0. The average Bonchev–Trinajstić information content (AvgIpc) is 2.56. The maximum Gasteiger partial charge on any atom is 0.513 e. The number of ether oxygens (including phenoxy) is 4. The van der Waals surface area contributed by atoms with Crippen molar-refractivity contribution in [2.45, 2.75) is 6.92 Å². The molecule has 0 radical (unpaired) electrons. The lowest BCUT2D eigenvalue weighted by Gasteiger charge is -2.15. The molecule has 2 aromatic carbocycles. The van der Waals surface area contributed by atoms with Crippen molar-refractivity contribution < 1.29 is 28.5 Å². The molecule has 0 saturated carbocycles. The Kier molecular flexibility index (Phi) is 4.85. The molecule has 6 heteroatoms. The van der Waals surface area contributed by atoms with Gasteiger partial charge in [0.2, 0.25) is 0 Å². The van der Waals surface area contributed by atoms with Gasteiger partial charge in [0, 0.05) is 22.9 Å². The Morgan fingerprint density at radius 3 is 2.39 bits per heavy atom. The van der Waals surface area contributed by atoms with Crippen LogP contribution in [-0.2, 0) is 9.53 Å². The quantitative estimate of drug-likeness (QED) is 0.373. The number of fused-ring (bicyclic) bond motifs is 1. The van der Waals surface area contributed by atoms with Crippen molar-refractivity contribution in [3.05, 3.63) is 42.5 Å². The highest BCUT2D eigenvalue weighted by atomic mass is 16.7. The fraction of sp³-hybridized carbons (Fsp3) is 0.176. The van der Waals surface area contributed by atoms with Crippen LogP contribution in [0.3, 0.4) is 0 Å². The summed E-state index contributed by atoms with van der Waals surface area (Å²) in [4.78, 5) is 23.0. The molecule has 0 aliphatic rings. The molecule has 0 bridgehead atoms. The number of aryl methyl sites for hydroxylation is 1. The summed E-state index contributed by atoms with van der Waals surface area (Å²) in [6.45, 7) is 5.26. The number of rotatable bonds is 4. The fourth-order valence-corrected chi connectivity index (χ4v) is 2.07. The number of esters is 1. The van der Waals surface area contributed by atoms with Crippen LogP contribution in [0.1, 0.15) is 5.56 Å². The number of benzene rings is 2. The van der Waals surface area contributed by atoms with Gasteiger partial charge in [-0.3, -0.25) is 0 Å². The van der Waals surface area contributed by atoms with Crippen molar-refractivity contribution in [1.29, 1.82) is 0 Å². The third kappa shape index (κ3) is 3.42. The van der Waals surface area contributed by atoms with Gasteiger partial charge in [-0.05, 0) is 13.0 Å². The van der Waals surface area contributed by atoms with Crippen LogP contribution in [0.4, 0.5) is 4.79 Å². The molecule has 6 nitrogen and oxygen atoms in total. The van der Waals surface area contributed by atoms with Crippen molar-refractivity contribution in [2.75, 3.05) is 14.2 Å². The highest BCUT2D eigenvalue weighted by Crippen LogP contribution is 2.42. The van der Waals surface area contributed by atoms with Gasteiger partial charge in [-0.2, -0.15) is 0 Å². The lowest BCUT2D eigenvalue weighted by atomic mass is 10.0. The van der Waals surface area contributed by atoms with E-state index in [2.05, 4.69) is 11.3 Å². The first-order valence-corrected chi connectivity index (χ1v) is 6.71. The average molecular weight is 316 g/mol. The molecule has 0 saturated heterocycles. The van der Waals surface area contributed by atoms with E-state index >= 15 is 0 Å². The molecule has 0 unspecified atom stereocenters. The van der Waals surface area contributed by atoms with E-state index in [0.29, 0.717) is 10.8 Å². The molecule has 0 aliphatic carbocycles. The summed E-state index contributed by atoms with van der Waals surface area (Å²) in [5.41, 5.74) is 0.943. The van der Waals surface area contributed by atoms with E-state index in [0.717, 1.165) is 11.6 Å². The number of carbonyl (C=O) groups is 2. The molecule has 120 valence electrons. The van der Waals surface area contributed by atoms with Crippen LogP contribution in [0.25, 0.3) is 10.8 Å². The third-order valence-electron chi connectivity index (χ3n) is 3.12. The van der Waals surface area contributed by atoms with Crippen molar-refractivity contribution in [2.24, 2.45) is 0 Å². The Morgan fingerprint density at radius 2 is 1.78 bits per heavy atom. The number of hydrogen-bond donors (Lipinski definition) is 0. The molecule has 0 spiro atoms. The topological polar surface area (TPSA) is 71.1 Å². The Balaban J connectivity index is 2.71. The molecule has 0 N–H and O–H groups in total. The lowest BCUT2D eigenvalue weighted by Crippen LogP contribution is -2.09. The van der Waals surface area contributed by atoms with Gasteiger partial charge >= 0.3 is 12.1 Å². The molecule has 0 heterocycles. The zero-order valence-corrected chi connectivity index (χ0v) is 13.0. The maximum atomic E-state index is 11.6. The van der Waals surface area contributed by atoms with Gasteiger partial charge in [-0.25, -0.2) is 9.59 Å². The number of carbonyl (C=O) groups excluding carboxylic acids is 2. The third-order valence-corrected chi connectivity index (χ3v) is 3.12. The molecule has 0 aliphatic heterocycles. The highest BCUT2D eigenvalue weighted by Gasteiger charge is 2.19. The van der Waals surface area contributed by atoms with Crippen LogP contribution in [0.5, 0.6) is 17.2 Å². The van der Waals surface area contributed by atoms with Crippen molar-refractivity contribution in [3.8, 4) is 17.2 Å². The summed E-state index contributed by atoms with van der Waals surface area (Å²) >= 11 is 0. The first kappa shape index (κ1) is 16.4. The summed E-state index contributed by atoms with van der Waals surface area (Å²) in [5.74, 6) is 0.0951. The van der Waals surface area contributed by atoms with Gasteiger partial charge in [0.25, 0.3) is 0 Å². The van der Waals surface area contributed by atoms with Crippen LogP contribution >= 0.6 is 0 Å². The summed E-state index contributed by atoms with van der Waals surface area (Å²) in [7, 11) is 2.63. The van der Waals surface area contributed by atoms with E-state index in [-0.39, 0.29) is 17.2 Å². The van der Waals surface area contributed by atoms with Crippen LogP contribution in [-0.4, -0.2) is 26.3 Å². The lowest BCUT2D eigenvalue weighted by molar-refractivity contribution is -0.128. The van der Waals surface area contributed by atoms with Gasteiger partial charge in [0.1, 0.15) is 5.75 Å². The highest BCUT2D eigenvalue weighted by molar-refractivity contribution is 5.99. The second kappa shape index (κ2) is 6.83. The van der Waals surface area contributed by atoms with E-state index < -0.39 is 12.1 Å². The van der Waals surface area contributed by atoms with E-state index in [4.69, 9.17) is 14.2 Å². The van der Waals surface area contributed by atoms with E-state index in [1.807, 2.05) is 13.0 Å². The first-order chi connectivity index (χ1) is 11.0. The Hall–Kier alpha value is -3.02. The number of methoxy groups -OCH3 is 2. The smallest absolute Gasteiger partial charge is 0.493 e. The summed E-state index contributed by atoms with van der Waals surface area (Å²) in [5, 5.41) is 1.15. The summed E-state index contributed by atoms with van der Waals surface area (Å²) < 4.78 is 20.2. The normalized spacial score (nSPS) is 10.0. The molecule has 2 aromatic rings. The molecule has 0 atom stereocenters. The monoisotopic (exact) mass is 316 g/mol.